The van der Waals surface area contributed by atoms with Gasteiger partial charge in [-0.25, -0.2) is 4.57 Å². The van der Waals surface area contributed by atoms with Crippen molar-refractivity contribution in [1.29, 1.82) is 0 Å². The van der Waals surface area contributed by atoms with Crippen LogP contribution in [0.2, 0.25) is 5.02 Å². The van der Waals surface area contributed by atoms with Gasteiger partial charge in [0.2, 0.25) is 0 Å². The fraction of sp³-hybridized carbons (Fsp3) is 0.278. The molecule has 1 atom stereocenters. The van der Waals surface area contributed by atoms with E-state index in [0.717, 1.165) is 0 Å². The maximum Gasteiger partial charge on any atom is 0.475 e. The van der Waals surface area contributed by atoms with Crippen LogP contribution in [0.15, 0.2) is 54.6 Å². The molecule has 134 valence electrons. The Balaban J connectivity index is 2.39. The first kappa shape index (κ1) is 19.8. The SMILES string of the molecule is CCOP(=O)(OCC)OC(C(=O)c1ccccc1)c1ccc(Cl)cc1. The van der Waals surface area contributed by atoms with E-state index in [0.29, 0.717) is 16.1 Å². The quantitative estimate of drug-likeness (QED) is 0.425. The van der Waals surface area contributed by atoms with Gasteiger partial charge < -0.3 is 0 Å². The molecule has 2 rings (SSSR count). The molecular formula is C18H20ClO5P. The minimum Gasteiger partial charge on any atom is -0.291 e. The molecule has 5 nitrogen and oxygen atoms in total. The van der Waals surface area contributed by atoms with E-state index < -0.39 is 13.9 Å². The largest absolute Gasteiger partial charge is 0.475 e. The number of hydrogen-bond acceptors (Lipinski definition) is 5. The van der Waals surface area contributed by atoms with Crippen LogP contribution in [-0.4, -0.2) is 19.0 Å². The first-order valence-electron chi connectivity index (χ1n) is 7.91. The summed E-state index contributed by atoms with van der Waals surface area (Å²) in [6.07, 6.45) is -1.14. The molecule has 0 amide bonds. The highest BCUT2D eigenvalue weighted by atomic mass is 35.5. The lowest BCUT2D eigenvalue weighted by molar-refractivity contribution is 0.0594. The van der Waals surface area contributed by atoms with Crippen LogP contribution in [-0.2, 0) is 18.1 Å². The molecule has 1 unspecified atom stereocenters. The Morgan fingerprint density at radius 3 is 2.08 bits per heavy atom. The van der Waals surface area contributed by atoms with Crippen LogP contribution in [0, 0.1) is 0 Å². The molecule has 2 aromatic rings. The van der Waals surface area contributed by atoms with Gasteiger partial charge in [-0.1, -0.05) is 54.1 Å². The van der Waals surface area contributed by atoms with E-state index in [4.69, 9.17) is 25.2 Å². The van der Waals surface area contributed by atoms with Crippen molar-refractivity contribution >= 4 is 25.2 Å². The van der Waals surface area contributed by atoms with Gasteiger partial charge in [-0.15, -0.1) is 0 Å². The molecule has 0 aromatic heterocycles. The van der Waals surface area contributed by atoms with Gasteiger partial charge in [0.1, 0.15) is 0 Å². The molecule has 0 aliphatic carbocycles. The smallest absolute Gasteiger partial charge is 0.291 e. The summed E-state index contributed by atoms with van der Waals surface area (Å²) in [4.78, 5) is 12.9. The van der Waals surface area contributed by atoms with Crippen LogP contribution in [0.1, 0.15) is 35.9 Å². The molecule has 0 aliphatic heterocycles. The zero-order valence-corrected chi connectivity index (χ0v) is 15.7. The van der Waals surface area contributed by atoms with Crippen LogP contribution in [0.25, 0.3) is 0 Å². The molecule has 0 bridgehead atoms. The Kier molecular flexibility index (Phi) is 7.36. The normalized spacial score (nSPS) is 12.8. The number of Topliss-reactive ketones (excluding diaryl/α,β-unsaturated/α-hetero) is 1. The van der Waals surface area contributed by atoms with Crippen molar-refractivity contribution < 1.29 is 22.9 Å². The Labute approximate surface area is 152 Å². The summed E-state index contributed by atoms with van der Waals surface area (Å²) < 4.78 is 28.7. The minimum absolute atomic E-state index is 0.129. The second-order valence-corrected chi connectivity index (χ2v) is 7.11. The molecule has 0 heterocycles. The van der Waals surface area contributed by atoms with Crippen molar-refractivity contribution in [2.45, 2.75) is 20.0 Å². The number of carbonyl (C=O) groups is 1. The summed E-state index contributed by atoms with van der Waals surface area (Å²) in [6, 6.07) is 15.2. The van der Waals surface area contributed by atoms with Crippen LogP contribution in [0.4, 0.5) is 0 Å². The Morgan fingerprint density at radius 2 is 1.56 bits per heavy atom. The number of rotatable bonds is 9. The first-order chi connectivity index (χ1) is 12.0. The van der Waals surface area contributed by atoms with Crippen molar-refractivity contribution in [2.24, 2.45) is 0 Å². The predicted molar refractivity (Wildman–Crippen MR) is 96.9 cm³/mol. The third kappa shape index (κ3) is 5.50. The molecule has 2 aromatic carbocycles. The topological polar surface area (TPSA) is 61.8 Å². The van der Waals surface area contributed by atoms with Crippen molar-refractivity contribution in [1.82, 2.24) is 0 Å². The maximum atomic E-state index is 12.9. The number of phosphoric acid groups is 1. The number of carbonyl (C=O) groups excluding carboxylic acids is 1. The highest BCUT2D eigenvalue weighted by Crippen LogP contribution is 2.53. The zero-order chi connectivity index (χ0) is 18.3. The highest BCUT2D eigenvalue weighted by molar-refractivity contribution is 7.48. The van der Waals surface area contributed by atoms with Crippen LogP contribution in [0.5, 0.6) is 0 Å². The van der Waals surface area contributed by atoms with Crippen molar-refractivity contribution in [3.8, 4) is 0 Å². The number of benzene rings is 2. The average molecular weight is 383 g/mol. The first-order valence-corrected chi connectivity index (χ1v) is 9.75. The number of ketones is 1. The second kappa shape index (κ2) is 9.27. The molecular weight excluding hydrogens is 363 g/mol. The van der Waals surface area contributed by atoms with Gasteiger partial charge in [-0.2, -0.15) is 0 Å². The lowest BCUT2D eigenvalue weighted by atomic mass is 10.0. The molecule has 0 aliphatic rings. The molecule has 25 heavy (non-hydrogen) atoms. The van der Waals surface area contributed by atoms with E-state index in [2.05, 4.69) is 0 Å². The van der Waals surface area contributed by atoms with Gasteiger partial charge in [0.25, 0.3) is 0 Å². The molecule has 7 heteroatoms. The summed E-state index contributed by atoms with van der Waals surface area (Å²) >= 11 is 5.92. The number of hydrogen-bond donors (Lipinski definition) is 0. The summed E-state index contributed by atoms with van der Waals surface area (Å²) in [5, 5.41) is 0.521. The fourth-order valence-electron chi connectivity index (χ4n) is 2.19. The summed E-state index contributed by atoms with van der Waals surface area (Å²) in [5.41, 5.74) is 0.944. The lowest BCUT2D eigenvalue weighted by Crippen LogP contribution is -2.17. The lowest BCUT2D eigenvalue weighted by Gasteiger charge is -2.23. The molecule has 0 fully saturated rings. The Morgan fingerprint density at radius 1 is 1.00 bits per heavy atom. The molecule has 0 saturated heterocycles. The Hall–Kier alpha value is -1.49. The van der Waals surface area contributed by atoms with Gasteiger partial charge in [0.15, 0.2) is 11.9 Å². The monoisotopic (exact) mass is 382 g/mol. The summed E-state index contributed by atoms with van der Waals surface area (Å²) in [7, 11) is -3.88. The van der Waals surface area contributed by atoms with Gasteiger partial charge in [-0.05, 0) is 31.5 Å². The van der Waals surface area contributed by atoms with Crippen molar-refractivity contribution in [3.63, 3.8) is 0 Å². The third-order valence-corrected chi connectivity index (χ3v) is 5.15. The van der Waals surface area contributed by atoms with E-state index in [1.54, 1.807) is 68.4 Å². The van der Waals surface area contributed by atoms with Crippen molar-refractivity contribution in [3.05, 3.63) is 70.7 Å². The van der Waals surface area contributed by atoms with Gasteiger partial charge in [0, 0.05) is 10.6 Å². The Bertz CT molecular complexity index is 723. The van der Waals surface area contributed by atoms with E-state index >= 15 is 0 Å². The molecule has 0 radical (unpaired) electrons. The maximum absolute atomic E-state index is 12.9. The van der Waals surface area contributed by atoms with Crippen molar-refractivity contribution in [2.75, 3.05) is 13.2 Å². The van der Waals surface area contributed by atoms with Crippen LogP contribution < -0.4 is 0 Å². The van der Waals surface area contributed by atoms with Gasteiger partial charge >= 0.3 is 7.82 Å². The summed E-state index contributed by atoms with van der Waals surface area (Å²) in [5.74, 6) is -0.345. The average Bonchev–Trinajstić information content (AvgIpc) is 2.61. The van der Waals surface area contributed by atoms with Gasteiger partial charge in [0.05, 0.1) is 13.2 Å². The number of phosphoric ester groups is 1. The predicted octanol–water partition coefficient (Wildman–Crippen LogP) is 5.46. The minimum atomic E-state index is -3.88. The fourth-order valence-corrected chi connectivity index (χ4v) is 3.63. The van der Waals surface area contributed by atoms with Crippen LogP contribution >= 0.6 is 19.4 Å². The molecule has 0 saturated carbocycles. The summed E-state index contributed by atoms with van der Waals surface area (Å²) in [6.45, 7) is 3.60. The van der Waals surface area contributed by atoms with E-state index in [9.17, 15) is 9.36 Å². The van der Waals surface area contributed by atoms with Crippen LogP contribution in [0.3, 0.4) is 0 Å². The van der Waals surface area contributed by atoms with E-state index in [1.165, 1.54) is 0 Å². The van der Waals surface area contributed by atoms with E-state index in [1.807, 2.05) is 0 Å². The third-order valence-electron chi connectivity index (χ3n) is 3.28. The standard InChI is InChI=1S/C18H20ClO5P/c1-3-22-25(21,23-4-2)24-18(15-10-12-16(19)13-11-15)17(20)14-8-6-5-7-9-14/h5-13,18H,3-4H2,1-2H3. The highest BCUT2D eigenvalue weighted by Gasteiger charge is 2.35. The molecule has 0 spiro atoms. The zero-order valence-electron chi connectivity index (χ0n) is 14.1. The van der Waals surface area contributed by atoms with Gasteiger partial charge in [-0.3, -0.25) is 18.4 Å². The second-order valence-electron chi connectivity index (χ2n) is 5.05. The molecule has 0 N–H and O–H groups in total. The number of halogens is 1. The van der Waals surface area contributed by atoms with E-state index in [-0.39, 0.29) is 19.0 Å².